The largest absolute Gasteiger partial charge is 0.378 e. The first-order valence-electron chi connectivity index (χ1n) is 11.0. The Balaban J connectivity index is 1.54. The summed E-state index contributed by atoms with van der Waals surface area (Å²) < 4.78 is 14.5. The van der Waals surface area contributed by atoms with Gasteiger partial charge in [0.05, 0.1) is 12.2 Å². The molecule has 1 aliphatic heterocycles. The van der Waals surface area contributed by atoms with Crippen molar-refractivity contribution in [3.63, 3.8) is 0 Å². The molecule has 1 saturated heterocycles. The van der Waals surface area contributed by atoms with E-state index in [1.54, 1.807) is 4.90 Å². The maximum Gasteiger partial charge on any atom is 0.328 e. The van der Waals surface area contributed by atoms with Crippen LogP contribution in [0.4, 0.5) is 4.39 Å². The molecule has 8 heteroatoms. The number of benzene rings is 2. The van der Waals surface area contributed by atoms with Crippen LogP contribution in [0.15, 0.2) is 76.4 Å². The number of rotatable bonds is 7. The fourth-order valence-corrected chi connectivity index (χ4v) is 4.63. The maximum absolute atomic E-state index is 13.5. The van der Waals surface area contributed by atoms with Gasteiger partial charge in [-0.3, -0.25) is 19.1 Å². The van der Waals surface area contributed by atoms with E-state index in [1.807, 2.05) is 65.6 Å². The zero-order valence-electron chi connectivity index (χ0n) is 18.1. The third kappa shape index (κ3) is 4.52. The van der Waals surface area contributed by atoms with Crippen LogP contribution in [0.25, 0.3) is 0 Å². The number of aromatic nitrogens is 2. The van der Waals surface area contributed by atoms with Crippen molar-refractivity contribution in [3.8, 4) is 0 Å². The van der Waals surface area contributed by atoms with E-state index in [-0.39, 0.29) is 18.9 Å². The number of carbonyl (C=O) groups excluding carboxylic acids is 1. The van der Waals surface area contributed by atoms with Crippen LogP contribution in [0.3, 0.4) is 0 Å². The van der Waals surface area contributed by atoms with Gasteiger partial charge in [0.25, 0.3) is 5.56 Å². The SMILES string of the molecule is O=C(CCCn1cc(F)c(=O)[nH]c1=O)N1CCC[C@H]1C(O)(c1ccccc1)c1ccccc1. The molecule has 172 valence electrons. The quantitative estimate of drug-likeness (QED) is 0.577. The minimum Gasteiger partial charge on any atom is -0.378 e. The van der Waals surface area contributed by atoms with Crippen LogP contribution in [0.1, 0.15) is 36.8 Å². The van der Waals surface area contributed by atoms with Crippen LogP contribution in [0.5, 0.6) is 0 Å². The summed E-state index contributed by atoms with van der Waals surface area (Å²) in [4.78, 5) is 39.8. The van der Waals surface area contributed by atoms with Crippen molar-refractivity contribution in [1.82, 2.24) is 14.5 Å². The monoisotopic (exact) mass is 451 g/mol. The zero-order valence-corrected chi connectivity index (χ0v) is 18.1. The molecule has 0 aliphatic carbocycles. The van der Waals surface area contributed by atoms with Crippen molar-refractivity contribution >= 4 is 5.91 Å². The molecular weight excluding hydrogens is 425 g/mol. The number of likely N-dealkylation sites (tertiary alicyclic amines) is 1. The van der Waals surface area contributed by atoms with E-state index in [9.17, 15) is 23.9 Å². The molecule has 0 bridgehead atoms. The van der Waals surface area contributed by atoms with E-state index in [4.69, 9.17) is 0 Å². The van der Waals surface area contributed by atoms with E-state index in [0.717, 1.165) is 28.3 Å². The topological polar surface area (TPSA) is 95.4 Å². The lowest BCUT2D eigenvalue weighted by Crippen LogP contribution is -2.50. The summed E-state index contributed by atoms with van der Waals surface area (Å²) in [5, 5.41) is 12.1. The molecule has 0 saturated carbocycles. The van der Waals surface area contributed by atoms with Crippen LogP contribution in [-0.4, -0.2) is 38.1 Å². The first kappa shape index (κ1) is 22.7. The van der Waals surface area contributed by atoms with Gasteiger partial charge in [0.2, 0.25) is 11.7 Å². The molecule has 1 amide bonds. The standard InChI is InChI=1S/C25H26FN3O4/c26-20-17-28(24(32)27-23(20)31)15-8-14-22(30)29-16-7-13-21(29)25(33,18-9-3-1-4-10-18)19-11-5-2-6-12-19/h1-6,9-12,17,21,33H,7-8,13-16H2,(H,27,31,32)/t21-/m0/s1. The van der Waals surface area contributed by atoms with Gasteiger partial charge in [0.1, 0.15) is 5.60 Å². The van der Waals surface area contributed by atoms with Gasteiger partial charge in [-0.15, -0.1) is 0 Å². The highest BCUT2D eigenvalue weighted by Crippen LogP contribution is 2.40. The second-order valence-corrected chi connectivity index (χ2v) is 8.28. The van der Waals surface area contributed by atoms with Crippen LogP contribution in [0, 0.1) is 5.82 Å². The summed E-state index contributed by atoms with van der Waals surface area (Å²) in [7, 11) is 0. The lowest BCUT2D eigenvalue weighted by Gasteiger charge is -2.40. The molecule has 1 aromatic heterocycles. The number of halogens is 1. The molecule has 4 rings (SSSR count). The first-order valence-corrected chi connectivity index (χ1v) is 11.0. The fourth-order valence-electron chi connectivity index (χ4n) is 4.63. The van der Waals surface area contributed by atoms with Gasteiger partial charge < -0.3 is 10.0 Å². The molecular formula is C25H26FN3O4. The Morgan fingerprint density at radius 3 is 2.27 bits per heavy atom. The van der Waals surface area contributed by atoms with Crippen molar-refractivity contribution in [2.45, 2.75) is 43.9 Å². The molecule has 0 radical (unpaired) electrons. The van der Waals surface area contributed by atoms with Gasteiger partial charge in [-0.1, -0.05) is 60.7 Å². The highest BCUT2D eigenvalue weighted by Gasteiger charge is 2.46. The zero-order chi connectivity index (χ0) is 23.4. The Kier molecular flexibility index (Phi) is 6.55. The number of aliphatic hydroxyl groups is 1. The van der Waals surface area contributed by atoms with E-state index in [1.165, 1.54) is 0 Å². The molecule has 0 unspecified atom stereocenters. The second-order valence-electron chi connectivity index (χ2n) is 8.28. The van der Waals surface area contributed by atoms with Crippen LogP contribution in [0.2, 0.25) is 0 Å². The fraction of sp³-hybridized carbons (Fsp3) is 0.320. The number of nitrogens with one attached hydrogen (secondary N) is 1. The number of hydrogen-bond acceptors (Lipinski definition) is 4. The lowest BCUT2D eigenvalue weighted by atomic mass is 9.79. The number of hydrogen-bond donors (Lipinski definition) is 2. The molecule has 1 fully saturated rings. The van der Waals surface area contributed by atoms with E-state index in [2.05, 4.69) is 0 Å². The summed E-state index contributed by atoms with van der Waals surface area (Å²) >= 11 is 0. The molecule has 33 heavy (non-hydrogen) atoms. The molecule has 0 spiro atoms. The van der Waals surface area contributed by atoms with Crippen LogP contribution < -0.4 is 11.2 Å². The number of nitrogens with zero attached hydrogens (tertiary/aromatic N) is 2. The molecule has 2 aromatic carbocycles. The van der Waals surface area contributed by atoms with Gasteiger partial charge in [-0.2, -0.15) is 4.39 Å². The van der Waals surface area contributed by atoms with Crippen LogP contribution >= 0.6 is 0 Å². The lowest BCUT2D eigenvalue weighted by molar-refractivity contribution is -0.136. The summed E-state index contributed by atoms with van der Waals surface area (Å²) in [5.74, 6) is -1.18. The molecule has 2 heterocycles. The predicted molar refractivity (Wildman–Crippen MR) is 121 cm³/mol. The van der Waals surface area contributed by atoms with E-state index in [0.29, 0.717) is 19.4 Å². The van der Waals surface area contributed by atoms with Crippen molar-refractivity contribution < 1.29 is 14.3 Å². The number of aromatic amines is 1. The first-order chi connectivity index (χ1) is 15.9. The van der Waals surface area contributed by atoms with Crippen molar-refractivity contribution in [2.24, 2.45) is 0 Å². The maximum atomic E-state index is 13.5. The normalized spacial score (nSPS) is 16.2. The Hall–Kier alpha value is -3.52. The Bertz CT molecular complexity index is 1180. The predicted octanol–water partition coefficient (Wildman–Crippen LogP) is 2.38. The second kappa shape index (κ2) is 9.54. The third-order valence-electron chi connectivity index (χ3n) is 6.24. The van der Waals surface area contributed by atoms with Gasteiger partial charge in [0.15, 0.2) is 0 Å². The highest BCUT2D eigenvalue weighted by atomic mass is 19.1. The number of amides is 1. The summed E-state index contributed by atoms with van der Waals surface area (Å²) in [6, 6.07) is 18.3. The average molecular weight is 451 g/mol. The van der Waals surface area contributed by atoms with E-state index >= 15 is 0 Å². The Labute approximate surface area is 190 Å². The molecule has 1 aliphatic rings. The number of H-pyrrole nitrogens is 1. The van der Waals surface area contributed by atoms with Gasteiger partial charge in [-0.25, -0.2) is 4.79 Å². The summed E-state index contributed by atoms with van der Waals surface area (Å²) in [5.41, 5.74) is -1.70. The molecule has 3 aromatic rings. The van der Waals surface area contributed by atoms with Gasteiger partial charge in [-0.05, 0) is 30.4 Å². The van der Waals surface area contributed by atoms with Gasteiger partial charge in [0, 0.05) is 19.5 Å². The summed E-state index contributed by atoms with van der Waals surface area (Å²) in [6.45, 7) is 0.622. The molecule has 1 atom stereocenters. The van der Waals surface area contributed by atoms with Crippen molar-refractivity contribution in [3.05, 3.63) is 105 Å². The molecule has 2 N–H and O–H groups in total. The summed E-state index contributed by atoms with van der Waals surface area (Å²) in [6.07, 6.45) is 2.69. The van der Waals surface area contributed by atoms with Crippen molar-refractivity contribution in [2.75, 3.05) is 6.54 Å². The highest BCUT2D eigenvalue weighted by molar-refractivity contribution is 5.77. The average Bonchev–Trinajstić information content (AvgIpc) is 3.33. The number of carbonyl (C=O) groups is 1. The Morgan fingerprint density at radius 1 is 1.06 bits per heavy atom. The van der Waals surface area contributed by atoms with Crippen LogP contribution in [-0.2, 0) is 16.9 Å². The third-order valence-corrected chi connectivity index (χ3v) is 6.24. The van der Waals surface area contributed by atoms with Gasteiger partial charge >= 0.3 is 5.69 Å². The molecule has 7 nitrogen and oxygen atoms in total. The van der Waals surface area contributed by atoms with Crippen molar-refractivity contribution in [1.29, 1.82) is 0 Å². The smallest absolute Gasteiger partial charge is 0.328 e. The van der Waals surface area contributed by atoms with E-state index < -0.39 is 28.7 Å². The minimum absolute atomic E-state index is 0.0957. The minimum atomic E-state index is -1.37. The number of aryl methyl sites for hydroxylation is 1. The Morgan fingerprint density at radius 2 is 1.67 bits per heavy atom.